The van der Waals surface area contributed by atoms with E-state index < -0.39 is 5.97 Å². The summed E-state index contributed by atoms with van der Waals surface area (Å²) in [4.78, 5) is 24.2. The summed E-state index contributed by atoms with van der Waals surface area (Å²) in [7, 11) is 0. The molecular weight excluding hydrogens is 248 g/mol. The molecule has 1 aliphatic heterocycles. The van der Waals surface area contributed by atoms with E-state index >= 15 is 0 Å². The van der Waals surface area contributed by atoms with Crippen LogP contribution in [0.5, 0.6) is 0 Å². The van der Waals surface area contributed by atoms with Crippen LogP contribution in [-0.2, 0) is 4.79 Å². The summed E-state index contributed by atoms with van der Waals surface area (Å²) in [6.45, 7) is 3.29. The first kappa shape index (κ1) is 13.5. The number of nitrogens with zero attached hydrogens (tertiary/aromatic N) is 4. The average molecular weight is 266 g/mol. The standard InChI is InChI=1S/C12H18N4O3/c1-2-3-4-5-11(17)15-6-9(7-15)16-8-10(12(18)19)13-14-16/h8-9H,2-7H2,1H3,(H,18,19). The summed E-state index contributed by atoms with van der Waals surface area (Å²) in [5.74, 6) is -0.915. The van der Waals surface area contributed by atoms with E-state index in [4.69, 9.17) is 5.11 Å². The van der Waals surface area contributed by atoms with Gasteiger partial charge in [-0.3, -0.25) is 4.79 Å². The molecule has 0 unspecified atom stereocenters. The number of rotatable bonds is 6. The van der Waals surface area contributed by atoms with Crippen molar-refractivity contribution < 1.29 is 14.7 Å². The van der Waals surface area contributed by atoms with Gasteiger partial charge in [0, 0.05) is 19.5 Å². The van der Waals surface area contributed by atoms with E-state index in [0.717, 1.165) is 19.3 Å². The number of carboxylic acids is 1. The van der Waals surface area contributed by atoms with Gasteiger partial charge in [0.2, 0.25) is 5.91 Å². The highest BCUT2D eigenvalue weighted by molar-refractivity contribution is 5.84. The van der Waals surface area contributed by atoms with Gasteiger partial charge >= 0.3 is 5.97 Å². The molecular formula is C12H18N4O3. The first-order chi connectivity index (χ1) is 9.11. The van der Waals surface area contributed by atoms with Crippen molar-refractivity contribution in [2.75, 3.05) is 13.1 Å². The topological polar surface area (TPSA) is 88.3 Å². The van der Waals surface area contributed by atoms with Crippen molar-refractivity contribution in [3.05, 3.63) is 11.9 Å². The Labute approximate surface area is 111 Å². The van der Waals surface area contributed by atoms with Crippen molar-refractivity contribution in [2.24, 2.45) is 0 Å². The van der Waals surface area contributed by atoms with Crippen molar-refractivity contribution in [3.63, 3.8) is 0 Å². The Kier molecular flexibility index (Phi) is 4.13. The number of carboxylic acid groups (broad SMARTS) is 1. The molecule has 1 amide bonds. The first-order valence-corrected chi connectivity index (χ1v) is 6.54. The van der Waals surface area contributed by atoms with Gasteiger partial charge in [-0.15, -0.1) is 5.10 Å². The lowest BCUT2D eigenvalue weighted by atomic mass is 10.1. The molecule has 1 fully saturated rings. The van der Waals surface area contributed by atoms with Gasteiger partial charge in [-0.25, -0.2) is 9.48 Å². The van der Waals surface area contributed by atoms with E-state index in [1.807, 2.05) is 0 Å². The van der Waals surface area contributed by atoms with E-state index in [9.17, 15) is 9.59 Å². The van der Waals surface area contributed by atoms with Gasteiger partial charge in [0.25, 0.3) is 0 Å². The highest BCUT2D eigenvalue weighted by atomic mass is 16.4. The molecule has 1 aliphatic rings. The number of hydrogen-bond acceptors (Lipinski definition) is 4. The Hall–Kier alpha value is -1.92. The van der Waals surface area contributed by atoms with Crippen LogP contribution in [0.15, 0.2) is 6.20 Å². The second-order valence-electron chi connectivity index (χ2n) is 4.80. The van der Waals surface area contributed by atoms with Crippen LogP contribution < -0.4 is 0 Å². The van der Waals surface area contributed by atoms with Gasteiger partial charge in [0.15, 0.2) is 5.69 Å². The second kappa shape index (κ2) is 5.81. The monoisotopic (exact) mass is 266 g/mol. The molecule has 1 saturated heterocycles. The largest absolute Gasteiger partial charge is 0.476 e. The van der Waals surface area contributed by atoms with Crippen LogP contribution >= 0.6 is 0 Å². The lowest BCUT2D eigenvalue weighted by Crippen LogP contribution is -2.50. The van der Waals surface area contributed by atoms with Crippen LogP contribution in [0.3, 0.4) is 0 Å². The Bertz CT molecular complexity index is 465. The van der Waals surface area contributed by atoms with E-state index in [1.165, 1.54) is 10.9 Å². The summed E-state index contributed by atoms with van der Waals surface area (Å²) < 4.78 is 1.53. The first-order valence-electron chi connectivity index (χ1n) is 6.54. The van der Waals surface area contributed by atoms with Gasteiger partial charge in [0.05, 0.1) is 12.2 Å². The second-order valence-corrected chi connectivity index (χ2v) is 4.80. The Morgan fingerprint density at radius 2 is 2.16 bits per heavy atom. The number of aromatic carboxylic acids is 1. The van der Waals surface area contributed by atoms with Crippen molar-refractivity contribution in [2.45, 2.75) is 38.6 Å². The maximum atomic E-state index is 11.8. The molecule has 0 saturated carbocycles. The summed E-state index contributed by atoms with van der Waals surface area (Å²) in [6.07, 6.45) is 5.12. The fourth-order valence-electron chi connectivity index (χ4n) is 2.06. The number of carbonyl (C=O) groups excluding carboxylic acids is 1. The molecule has 2 rings (SSSR count). The van der Waals surface area contributed by atoms with Crippen LogP contribution in [0.1, 0.15) is 49.1 Å². The zero-order valence-corrected chi connectivity index (χ0v) is 10.9. The van der Waals surface area contributed by atoms with Crippen molar-refractivity contribution >= 4 is 11.9 Å². The maximum absolute atomic E-state index is 11.8. The fraction of sp³-hybridized carbons (Fsp3) is 0.667. The number of unbranched alkanes of at least 4 members (excludes halogenated alkanes) is 2. The Balaban J connectivity index is 1.78. The lowest BCUT2D eigenvalue weighted by molar-refractivity contribution is -0.137. The molecule has 0 atom stereocenters. The number of likely N-dealkylation sites (tertiary alicyclic amines) is 1. The molecule has 0 bridgehead atoms. The quantitative estimate of drug-likeness (QED) is 0.774. The third-order valence-electron chi connectivity index (χ3n) is 3.31. The van der Waals surface area contributed by atoms with Crippen molar-refractivity contribution in [1.82, 2.24) is 19.9 Å². The molecule has 0 radical (unpaired) electrons. The van der Waals surface area contributed by atoms with Gasteiger partial charge in [0.1, 0.15) is 0 Å². The van der Waals surface area contributed by atoms with Crippen LogP contribution in [0, 0.1) is 0 Å². The van der Waals surface area contributed by atoms with E-state index in [1.54, 1.807) is 4.90 Å². The molecule has 7 heteroatoms. The Morgan fingerprint density at radius 1 is 1.42 bits per heavy atom. The Morgan fingerprint density at radius 3 is 2.74 bits per heavy atom. The van der Waals surface area contributed by atoms with Crippen LogP contribution in [0.4, 0.5) is 0 Å². The third kappa shape index (κ3) is 3.10. The van der Waals surface area contributed by atoms with Gasteiger partial charge in [-0.2, -0.15) is 0 Å². The zero-order valence-electron chi connectivity index (χ0n) is 10.9. The third-order valence-corrected chi connectivity index (χ3v) is 3.31. The van der Waals surface area contributed by atoms with Crippen LogP contribution in [0.2, 0.25) is 0 Å². The zero-order chi connectivity index (χ0) is 13.8. The van der Waals surface area contributed by atoms with Crippen molar-refractivity contribution in [3.8, 4) is 0 Å². The molecule has 2 heterocycles. The van der Waals surface area contributed by atoms with Crippen LogP contribution in [-0.4, -0.2) is 50.0 Å². The number of hydrogen-bond donors (Lipinski definition) is 1. The van der Waals surface area contributed by atoms with E-state index in [0.29, 0.717) is 19.5 Å². The fourth-order valence-corrected chi connectivity index (χ4v) is 2.06. The minimum absolute atomic E-state index is 0.0516. The summed E-state index contributed by atoms with van der Waals surface area (Å²) in [6, 6.07) is 0.0516. The molecule has 19 heavy (non-hydrogen) atoms. The summed E-state index contributed by atoms with van der Waals surface area (Å²) >= 11 is 0. The molecule has 1 aromatic rings. The van der Waals surface area contributed by atoms with Gasteiger partial charge in [-0.05, 0) is 6.42 Å². The summed E-state index contributed by atoms with van der Waals surface area (Å²) in [5.41, 5.74) is -0.0623. The minimum atomic E-state index is -1.09. The predicted molar refractivity (Wildman–Crippen MR) is 66.7 cm³/mol. The smallest absolute Gasteiger partial charge is 0.358 e. The highest BCUT2D eigenvalue weighted by Crippen LogP contribution is 2.21. The number of carbonyl (C=O) groups is 2. The molecule has 7 nitrogen and oxygen atoms in total. The average Bonchev–Trinajstić information content (AvgIpc) is 2.77. The molecule has 0 aliphatic carbocycles. The minimum Gasteiger partial charge on any atom is -0.476 e. The van der Waals surface area contributed by atoms with E-state index in [-0.39, 0.29) is 17.6 Å². The maximum Gasteiger partial charge on any atom is 0.358 e. The number of amides is 1. The van der Waals surface area contributed by atoms with Crippen LogP contribution in [0.25, 0.3) is 0 Å². The normalized spacial score (nSPS) is 15.3. The predicted octanol–water partition coefficient (Wildman–Crippen LogP) is 0.940. The summed E-state index contributed by atoms with van der Waals surface area (Å²) in [5, 5.41) is 16.1. The highest BCUT2D eigenvalue weighted by Gasteiger charge is 2.32. The lowest BCUT2D eigenvalue weighted by Gasteiger charge is -2.38. The SMILES string of the molecule is CCCCCC(=O)N1CC(n2cc(C(=O)O)nn2)C1. The molecule has 1 aromatic heterocycles. The molecule has 0 spiro atoms. The molecule has 1 N–H and O–H groups in total. The van der Waals surface area contributed by atoms with Gasteiger partial charge < -0.3 is 10.0 Å². The van der Waals surface area contributed by atoms with E-state index in [2.05, 4.69) is 17.2 Å². The van der Waals surface area contributed by atoms with Gasteiger partial charge in [-0.1, -0.05) is 25.0 Å². The molecule has 0 aromatic carbocycles. The molecule has 104 valence electrons. The van der Waals surface area contributed by atoms with Crippen molar-refractivity contribution in [1.29, 1.82) is 0 Å². The number of aromatic nitrogens is 3.